The van der Waals surface area contributed by atoms with Crippen molar-refractivity contribution in [3.63, 3.8) is 0 Å². The maximum Gasteiger partial charge on any atom is 0.285 e. The van der Waals surface area contributed by atoms with Crippen LogP contribution in [0.1, 0.15) is 38.5 Å². The summed E-state index contributed by atoms with van der Waals surface area (Å²) in [7, 11) is 0. The molecule has 1 aromatic rings. The van der Waals surface area contributed by atoms with E-state index >= 15 is 0 Å². The largest absolute Gasteiger partial charge is 0.372 e. The number of nitrogens with one attached hydrogen (secondary N) is 2. The van der Waals surface area contributed by atoms with Gasteiger partial charge >= 0.3 is 0 Å². The number of nitrogens with two attached hydrogens (primary N) is 1. The van der Waals surface area contributed by atoms with Crippen LogP contribution in [0.15, 0.2) is 11.0 Å². The average molecular weight is 356 g/mol. The minimum Gasteiger partial charge on any atom is -0.372 e. The number of hydrogen-bond acceptors (Lipinski definition) is 5. The van der Waals surface area contributed by atoms with Crippen LogP contribution in [0.4, 0.5) is 5.69 Å². The van der Waals surface area contributed by atoms with E-state index in [1.807, 2.05) is 0 Å². The molecule has 1 aromatic heterocycles. The van der Waals surface area contributed by atoms with Gasteiger partial charge in [0.05, 0.1) is 11.9 Å². The summed E-state index contributed by atoms with van der Waals surface area (Å²) in [6.45, 7) is 2.95. The predicted molar refractivity (Wildman–Crippen MR) is 95.3 cm³/mol. The van der Waals surface area contributed by atoms with Crippen molar-refractivity contribution < 1.29 is 4.79 Å². The third kappa shape index (κ3) is 5.21. The molecule has 134 valence electrons. The second-order valence-electron chi connectivity index (χ2n) is 6.38. The molecule has 3 rings (SSSR count). The minimum absolute atomic E-state index is 0.248. The lowest BCUT2D eigenvalue weighted by atomic mass is 9.89. The SMILES string of the molecule is NC=O.O=c1[nH]ncc(N2CCC(NCC3CCCCC3)C2)c1Cl. The zero-order valence-electron chi connectivity index (χ0n) is 13.8. The van der Waals surface area contributed by atoms with E-state index in [0.717, 1.165) is 37.7 Å². The van der Waals surface area contributed by atoms with E-state index < -0.39 is 0 Å². The van der Waals surface area contributed by atoms with Crippen molar-refractivity contribution in [1.29, 1.82) is 0 Å². The van der Waals surface area contributed by atoms with Crippen molar-refractivity contribution >= 4 is 23.7 Å². The van der Waals surface area contributed by atoms with Gasteiger partial charge in [0, 0.05) is 19.1 Å². The van der Waals surface area contributed by atoms with Crippen molar-refractivity contribution in [2.75, 3.05) is 24.5 Å². The number of H-pyrrole nitrogens is 1. The van der Waals surface area contributed by atoms with Crippen LogP contribution >= 0.6 is 11.6 Å². The maximum absolute atomic E-state index is 11.5. The third-order valence-corrected chi connectivity index (χ3v) is 5.09. The molecule has 1 aliphatic carbocycles. The number of nitrogens with zero attached hydrogens (tertiary/aromatic N) is 2. The molecule has 1 aliphatic heterocycles. The smallest absolute Gasteiger partial charge is 0.285 e. The van der Waals surface area contributed by atoms with Crippen LogP contribution in [-0.4, -0.2) is 42.3 Å². The Morgan fingerprint density at radius 3 is 2.79 bits per heavy atom. The highest BCUT2D eigenvalue weighted by molar-refractivity contribution is 6.33. The number of rotatable bonds is 4. The number of aromatic amines is 1. The van der Waals surface area contributed by atoms with E-state index in [4.69, 9.17) is 16.4 Å². The molecule has 0 bridgehead atoms. The van der Waals surface area contributed by atoms with Crippen LogP contribution in [0.2, 0.25) is 5.02 Å². The second-order valence-corrected chi connectivity index (χ2v) is 6.76. The number of aromatic nitrogens is 2. The molecule has 2 heterocycles. The van der Waals surface area contributed by atoms with Gasteiger partial charge in [-0.1, -0.05) is 30.9 Å². The van der Waals surface area contributed by atoms with Crippen molar-refractivity contribution in [1.82, 2.24) is 15.5 Å². The normalized spacial score (nSPS) is 21.2. The topological polar surface area (TPSA) is 104 Å². The number of carbonyl (C=O) groups excluding carboxylic acids is 1. The van der Waals surface area contributed by atoms with E-state index in [2.05, 4.69) is 26.1 Å². The fraction of sp³-hybridized carbons (Fsp3) is 0.688. The number of hydrogen-bond donors (Lipinski definition) is 3. The molecule has 0 radical (unpaired) electrons. The lowest BCUT2D eigenvalue weighted by Crippen LogP contribution is -2.36. The Hall–Kier alpha value is -1.60. The number of anilines is 1. The summed E-state index contributed by atoms with van der Waals surface area (Å²) in [4.78, 5) is 22.3. The Morgan fingerprint density at radius 2 is 2.08 bits per heavy atom. The average Bonchev–Trinajstić information content (AvgIpc) is 3.06. The number of halogens is 1. The molecule has 24 heavy (non-hydrogen) atoms. The van der Waals surface area contributed by atoms with E-state index in [1.54, 1.807) is 6.20 Å². The van der Waals surface area contributed by atoms with Crippen LogP contribution in [0.5, 0.6) is 0 Å². The summed E-state index contributed by atoms with van der Waals surface area (Å²) in [5, 5.41) is 10.2. The number of primary amides is 1. The van der Waals surface area contributed by atoms with Gasteiger partial charge in [0.25, 0.3) is 5.56 Å². The summed E-state index contributed by atoms with van der Waals surface area (Å²) >= 11 is 6.07. The van der Waals surface area contributed by atoms with Gasteiger partial charge in [0.15, 0.2) is 0 Å². The summed E-state index contributed by atoms with van der Waals surface area (Å²) in [6.07, 6.45) is 9.90. The first kappa shape index (κ1) is 18.7. The Labute approximate surface area is 146 Å². The second kappa shape index (κ2) is 9.64. The van der Waals surface area contributed by atoms with Gasteiger partial charge in [0.1, 0.15) is 5.02 Å². The van der Waals surface area contributed by atoms with Crippen molar-refractivity contribution in [3.05, 3.63) is 21.6 Å². The molecule has 0 aromatic carbocycles. The van der Waals surface area contributed by atoms with Crippen molar-refractivity contribution in [2.24, 2.45) is 11.7 Å². The summed E-state index contributed by atoms with van der Waals surface area (Å²) in [6, 6.07) is 0.488. The zero-order valence-corrected chi connectivity index (χ0v) is 14.6. The molecule has 2 fully saturated rings. The zero-order chi connectivity index (χ0) is 17.4. The Kier molecular flexibility index (Phi) is 7.52. The Balaban J connectivity index is 0.000000647. The van der Waals surface area contributed by atoms with Gasteiger partial charge in [-0.25, -0.2) is 5.10 Å². The molecule has 0 spiro atoms. The fourth-order valence-electron chi connectivity index (χ4n) is 3.46. The Morgan fingerprint density at radius 1 is 1.38 bits per heavy atom. The van der Waals surface area contributed by atoms with Crippen molar-refractivity contribution in [2.45, 2.75) is 44.6 Å². The van der Waals surface area contributed by atoms with Crippen LogP contribution in [0.25, 0.3) is 0 Å². The lowest BCUT2D eigenvalue weighted by Gasteiger charge is -2.24. The summed E-state index contributed by atoms with van der Waals surface area (Å²) in [5.74, 6) is 0.845. The van der Waals surface area contributed by atoms with Gasteiger partial charge in [0.2, 0.25) is 6.41 Å². The van der Waals surface area contributed by atoms with Gasteiger partial charge in [-0.3, -0.25) is 9.59 Å². The Bertz CT molecular complexity index is 574. The van der Waals surface area contributed by atoms with Crippen LogP contribution in [0, 0.1) is 5.92 Å². The lowest BCUT2D eigenvalue weighted by molar-refractivity contribution is -0.106. The predicted octanol–water partition coefficient (Wildman–Crippen LogP) is 1.27. The highest BCUT2D eigenvalue weighted by Gasteiger charge is 2.25. The minimum atomic E-state index is -0.312. The molecule has 1 saturated carbocycles. The molecule has 1 atom stereocenters. The van der Waals surface area contributed by atoms with Gasteiger partial charge in [-0.05, 0) is 31.7 Å². The first-order valence-corrected chi connectivity index (χ1v) is 8.90. The monoisotopic (exact) mass is 355 g/mol. The van der Waals surface area contributed by atoms with Crippen LogP contribution in [0.3, 0.4) is 0 Å². The first-order chi connectivity index (χ1) is 11.7. The summed E-state index contributed by atoms with van der Waals surface area (Å²) < 4.78 is 0. The standard InChI is InChI=1S/C15H23ClN4O.CH3NO/c16-14-13(9-18-19-15(14)21)20-7-6-12(10-20)17-8-11-4-2-1-3-5-11;2-1-3/h9,11-12,17H,1-8,10H2,(H,19,21);1H,(H2,2,3). The molecule has 1 unspecified atom stereocenters. The molecular weight excluding hydrogens is 330 g/mol. The number of amides is 1. The highest BCUT2D eigenvalue weighted by Crippen LogP contribution is 2.26. The quantitative estimate of drug-likeness (QED) is 0.705. The van der Waals surface area contributed by atoms with Crippen LogP contribution < -0.4 is 21.5 Å². The highest BCUT2D eigenvalue weighted by atomic mass is 35.5. The van der Waals surface area contributed by atoms with Crippen LogP contribution in [-0.2, 0) is 4.79 Å². The summed E-state index contributed by atoms with van der Waals surface area (Å²) in [5.41, 5.74) is 4.61. The molecule has 4 N–H and O–H groups in total. The van der Waals surface area contributed by atoms with E-state index in [-0.39, 0.29) is 17.0 Å². The molecular formula is C16H26ClN5O2. The molecule has 1 saturated heterocycles. The van der Waals surface area contributed by atoms with Gasteiger partial charge in [-0.2, -0.15) is 5.10 Å². The maximum atomic E-state index is 11.5. The van der Waals surface area contributed by atoms with E-state index in [9.17, 15) is 4.79 Å². The van der Waals surface area contributed by atoms with Crippen molar-refractivity contribution in [3.8, 4) is 0 Å². The molecule has 2 aliphatic rings. The molecule has 7 nitrogen and oxygen atoms in total. The molecule has 8 heteroatoms. The van der Waals surface area contributed by atoms with Gasteiger partial charge in [-0.15, -0.1) is 0 Å². The van der Waals surface area contributed by atoms with E-state index in [1.165, 1.54) is 32.1 Å². The number of carbonyl (C=O) groups is 1. The fourth-order valence-corrected chi connectivity index (χ4v) is 3.68. The van der Waals surface area contributed by atoms with E-state index in [0.29, 0.717) is 6.04 Å². The molecule has 1 amide bonds. The first-order valence-electron chi connectivity index (χ1n) is 8.52. The third-order valence-electron chi connectivity index (χ3n) is 4.73. The van der Waals surface area contributed by atoms with Gasteiger partial charge < -0.3 is 16.0 Å².